The normalized spacial score (nSPS) is 21.8. The summed E-state index contributed by atoms with van der Waals surface area (Å²) < 4.78 is 15.8. The molecule has 2 rings (SSSR count). The molecule has 1 aliphatic carbocycles. The molecule has 0 amide bonds. The number of allylic oxidation sites excluding steroid dienone is 2. The number of rotatable bonds is 3. The van der Waals surface area contributed by atoms with E-state index in [9.17, 15) is 10.2 Å². The first kappa shape index (κ1) is 15.6. The highest BCUT2D eigenvalue weighted by Crippen LogP contribution is 2.41. The minimum Gasteiger partial charge on any atom is -0.504 e. The van der Waals surface area contributed by atoms with E-state index in [1.165, 1.54) is 21.3 Å². The Hall–Kier alpha value is -2.82. The van der Waals surface area contributed by atoms with Crippen LogP contribution in [0.4, 0.5) is 0 Å². The average Bonchev–Trinajstić information content (AvgIpc) is 2.53. The van der Waals surface area contributed by atoms with Gasteiger partial charge in [0.05, 0.1) is 26.9 Å². The molecule has 0 spiro atoms. The summed E-state index contributed by atoms with van der Waals surface area (Å²) in [5.74, 6) is 0.318. The first-order valence-corrected chi connectivity index (χ1v) is 6.49. The molecule has 0 radical (unpaired) electrons. The predicted molar refractivity (Wildman–Crippen MR) is 84.4 cm³/mol. The van der Waals surface area contributed by atoms with Crippen LogP contribution in [0, 0.1) is 0 Å². The van der Waals surface area contributed by atoms with Crippen LogP contribution in [0.1, 0.15) is 11.1 Å². The van der Waals surface area contributed by atoms with Crippen LogP contribution in [0.5, 0.6) is 5.75 Å². The molecule has 1 aliphatic rings. The van der Waals surface area contributed by atoms with Crippen molar-refractivity contribution in [2.24, 2.45) is 0 Å². The van der Waals surface area contributed by atoms with E-state index in [1.54, 1.807) is 18.2 Å². The summed E-state index contributed by atoms with van der Waals surface area (Å²) in [5, 5.41) is 21.1. The van der Waals surface area contributed by atoms with Crippen molar-refractivity contribution < 1.29 is 24.4 Å². The Labute approximate surface area is 129 Å². The Morgan fingerprint density at radius 2 is 1.36 bits per heavy atom. The number of fused-ring (bicyclic) bond motifs is 1. The number of aliphatic hydroxyl groups is 2. The SMILES string of the molecule is C=C1C(=C)/C(OC)=C(/O)c2c(OC)cccc2/C(O)=C\1OC. The molecule has 0 aromatic heterocycles. The molecule has 0 unspecified atom stereocenters. The minimum absolute atomic E-state index is 0.137. The third-order valence-electron chi connectivity index (χ3n) is 3.49. The van der Waals surface area contributed by atoms with Crippen molar-refractivity contribution in [3.8, 4) is 5.75 Å². The molecule has 5 heteroatoms. The lowest BCUT2D eigenvalue weighted by molar-refractivity contribution is 0.276. The second-order valence-corrected chi connectivity index (χ2v) is 4.60. The molecule has 1 aromatic carbocycles. The van der Waals surface area contributed by atoms with Crippen LogP contribution in [0.2, 0.25) is 0 Å². The zero-order valence-corrected chi connectivity index (χ0v) is 12.8. The van der Waals surface area contributed by atoms with Gasteiger partial charge in [-0.15, -0.1) is 0 Å². The number of methoxy groups -OCH3 is 3. The Morgan fingerprint density at radius 1 is 0.818 bits per heavy atom. The van der Waals surface area contributed by atoms with Gasteiger partial charge in [0.2, 0.25) is 0 Å². The summed E-state index contributed by atoms with van der Waals surface area (Å²) in [6.07, 6.45) is 0. The molecule has 0 atom stereocenters. The maximum atomic E-state index is 10.6. The highest BCUT2D eigenvalue weighted by molar-refractivity contribution is 5.84. The van der Waals surface area contributed by atoms with E-state index in [2.05, 4.69) is 13.2 Å². The second kappa shape index (κ2) is 5.89. The van der Waals surface area contributed by atoms with Crippen LogP contribution in [0.25, 0.3) is 11.5 Å². The molecule has 0 fully saturated rings. The van der Waals surface area contributed by atoms with E-state index >= 15 is 0 Å². The van der Waals surface area contributed by atoms with Gasteiger partial charge in [-0.05, 0) is 6.07 Å². The van der Waals surface area contributed by atoms with Crippen molar-refractivity contribution in [1.82, 2.24) is 0 Å². The monoisotopic (exact) mass is 302 g/mol. The summed E-state index contributed by atoms with van der Waals surface area (Å²) >= 11 is 0. The van der Waals surface area contributed by atoms with Gasteiger partial charge in [-0.3, -0.25) is 0 Å². The van der Waals surface area contributed by atoms with Crippen LogP contribution in [0.15, 0.2) is 54.0 Å². The lowest BCUT2D eigenvalue weighted by atomic mass is 9.93. The molecule has 0 heterocycles. The van der Waals surface area contributed by atoms with E-state index in [4.69, 9.17) is 14.2 Å². The topological polar surface area (TPSA) is 68.2 Å². The van der Waals surface area contributed by atoms with Gasteiger partial charge in [0.25, 0.3) is 0 Å². The molecule has 22 heavy (non-hydrogen) atoms. The van der Waals surface area contributed by atoms with E-state index in [-0.39, 0.29) is 23.0 Å². The van der Waals surface area contributed by atoms with Crippen molar-refractivity contribution >= 4 is 11.5 Å². The van der Waals surface area contributed by atoms with Crippen LogP contribution in [-0.2, 0) is 9.47 Å². The quantitative estimate of drug-likeness (QED) is 0.893. The zero-order chi connectivity index (χ0) is 16.4. The van der Waals surface area contributed by atoms with Gasteiger partial charge in [-0.25, -0.2) is 0 Å². The third-order valence-corrected chi connectivity index (χ3v) is 3.49. The number of aliphatic hydroxyl groups excluding tert-OH is 2. The lowest BCUT2D eigenvalue weighted by Gasteiger charge is -2.23. The van der Waals surface area contributed by atoms with E-state index in [0.717, 1.165) is 0 Å². The summed E-state index contributed by atoms with van der Waals surface area (Å²) in [4.78, 5) is 0. The molecule has 0 saturated heterocycles. The number of hydrogen-bond donors (Lipinski definition) is 2. The zero-order valence-electron chi connectivity index (χ0n) is 12.8. The minimum atomic E-state index is -0.192. The van der Waals surface area contributed by atoms with Crippen molar-refractivity contribution in [2.75, 3.05) is 21.3 Å². The highest BCUT2D eigenvalue weighted by atomic mass is 16.5. The fraction of sp³-hybridized carbons (Fsp3) is 0.176. The van der Waals surface area contributed by atoms with Crippen LogP contribution < -0.4 is 4.74 Å². The molecule has 116 valence electrons. The van der Waals surface area contributed by atoms with Crippen molar-refractivity contribution in [3.63, 3.8) is 0 Å². The summed E-state index contributed by atoms with van der Waals surface area (Å²) in [6.45, 7) is 7.70. The fourth-order valence-corrected chi connectivity index (χ4v) is 2.38. The molecular formula is C17H18O5. The molecular weight excluding hydrogens is 284 g/mol. The van der Waals surface area contributed by atoms with Gasteiger partial charge in [0.15, 0.2) is 23.0 Å². The fourth-order valence-electron chi connectivity index (χ4n) is 2.38. The van der Waals surface area contributed by atoms with E-state index in [0.29, 0.717) is 28.0 Å². The number of ether oxygens (including phenoxy) is 3. The predicted octanol–water partition coefficient (Wildman–Crippen LogP) is 3.57. The number of hydrogen-bond acceptors (Lipinski definition) is 5. The summed E-state index contributed by atoms with van der Waals surface area (Å²) in [6, 6.07) is 5.00. The largest absolute Gasteiger partial charge is 0.504 e. The molecule has 0 saturated carbocycles. The Bertz CT molecular complexity index is 710. The molecule has 0 aliphatic heterocycles. The standard InChI is InChI=1S/C17H18O5/c1-9-10(2)17(22-5)15(19)13-11(14(18)16(9)21-4)7-6-8-12(13)20-3/h6-8,18-19H,1-2H2,3-5H3/b16-14-,17-15-. The Balaban J connectivity index is 2.95. The first-order chi connectivity index (χ1) is 10.5. The number of benzene rings is 1. The van der Waals surface area contributed by atoms with Crippen molar-refractivity contribution in [2.45, 2.75) is 0 Å². The van der Waals surface area contributed by atoms with Crippen molar-refractivity contribution in [1.29, 1.82) is 0 Å². The maximum Gasteiger partial charge on any atom is 0.170 e. The van der Waals surface area contributed by atoms with E-state index in [1.807, 2.05) is 0 Å². The lowest BCUT2D eigenvalue weighted by Crippen LogP contribution is -2.10. The molecule has 5 nitrogen and oxygen atoms in total. The van der Waals surface area contributed by atoms with Gasteiger partial charge in [0, 0.05) is 16.7 Å². The first-order valence-electron chi connectivity index (χ1n) is 6.49. The van der Waals surface area contributed by atoms with E-state index < -0.39 is 0 Å². The van der Waals surface area contributed by atoms with Crippen molar-refractivity contribution in [3.05, 3.63) is 65.1 Å². The van der Waals surface area contributed by atoms with Gasteiger partial charge in [-0.1, -0.05) is 25.3 Å². The third kappa shape index (κ3) is 2.20. The van der Waals surface area contributed by atoms with Crippen LogP contribution in [0.3, 0.4) is 0 Å². The maximum absolute atomic E-state index is 10.6. The van der Waals surface area contributed by atoms with Gasteiger partial charge >= 0.3 is 0 Å². The average molecular weight is 302 g/mol. The van der Waals surface area contributed by atoms with Gasteiger partial charge in [-0.2, -0.15) is 0 Å². The Morgan fingerprint density at radius 3 is 1.86 bits per heavy atom. The van der Waals surface area contributed by atoms with Crippen LogP contribution in [-0.4, -0.2) is 31.5 Å². The second-order valence-electron chi connectivity index (χ2n) is 4.60. The van der Waals surface area contributed by atoms with Crippen LogP contribution >= 0.6 is 0 Å². The smallest absolute Gasteiger partial charge is 0.170 e. The summed E-state index contributed by atoms with van der Waals surface area (Å²) in [7, 11) is 4.30. The van der Waals surface area contributed by atoms with Gasteiger partial charge < -0.3 is 24.4 Å². The van der Waals surface area contributed by atoms with Gasteiger partial charge in [0.1, 0.15) is 5.75 Å². The summed E-state index contributed by atoms with van der Waals surface area (Å²) in [5.41, 5.74) is 1.26. The highest BCUT2D eigenvalue weighted by Gasteiger charge is 2.29. The Kier molecular flexibility index (Phi) is 4.17. The molecule has 1 aromatic rings. The molecule has 0 bridgehead atoms. The molecule has 2 N–H and O–H groups in total.